The molecule has 0 aliphatic carbocycles. The van der Waals surface area contributed by atoms with Gasteiger partial charge in [0, 0.05) is 16.6 Å². The van der Waals surface area contributed by atoms with E-state index in [1.165, 1.54) is 36.5 Å². The molecule has 0 radical (unpaired) electrons. The van der Waals surface area contributed by atoms with Crippen molar-refractivity contribution < 1.29 is 14.8 Å². The smallest absolute Gasteiger partial charge is 0.275 e. The predicted molar refractivity (Wildman–Crippen MR) is 91.7 cm³/mol. The minimum atomic E-state index is -0.595. The maximum atomic E-state index is 12.0. The molecular weight excluding hydrogens is 434 g/mol. The van der Waals surface area contributed by atoms with E-state index in [0.717, 1.165) is 0 Å². The Morgan fingerprint density at radius 1 is 1.26 bits per heavy atom. The normalized spacial score (nSPS) is 10.7. The zero-order chi connectivity index (χ0) is 17.0. The average molecular weight is 443 g/mol. The van der Waals surface area contributed by atoms with Gasteiger partial charge in [0.05, 0.1) is 21.2 Å². The molecular formula is C14H9Br2N3O4. The molecule has 0 atom stereocenters. The van der Waals surface area contributed by atoms with Crippen molar-refractivity contribution in [2.45, 2.75) is 0 Å². The van der Waals surface area contributed by atoms with Gasteiger partial charge in [-0.1, -0.05) is 15.9 Å². The number of nitro benzene ring substituents is 1. The monoisotopic (exact) mass is 441 g/mol. The van der Waals surface area contributed by atoms with Gasteiger partial charge in [0.15, 0.2) is 0 Å². The van der Waals surface area contributed by atoms with E-state index >= 15 is 0 Å². The summed E-state index contributed by atoms with van der Waals surface area (Å²) in [5.74, 6) is -0.793. The molecule has 0 spiro atoms. The highest BCUT2D eigenvalue weighted by Crippen LogP contribution is 2.31. The predicted octanol–water partition coefficient (Wildman–Crippen LogP) is 3.59. The highest BCUT2D eigenvalue weighted by atomic mass is 79.9. The summed E-state index contributed by atoms with van der Waals surface area (Å²) in [4.78, 5) is 22.0. The molecule has 0 aliphatic heterocycles. The summed E-state index contributed by atoms with van der Waals surface area (Å²) in [5, 5.41) is 24.1. The molecule has 0 heterocycles. The Labute approximate surface area is 147 Å². The zero-order valence-electron chi connectivity index (χ0n) is 11.4. The molecule has 9 heteroatoms. The summed E-state index contributed by atoms with van der Waals surface area (Å²) in [6, 6.07) is 8.73. The molecule has 2 aromatic carbocycles. The first-order chi connectivity index (χ1) is 10.9. The lowest BCUT2D eigenvalue weighted by Gasteiger charge is -2.05. The van der Waals surface area contributed by atoms with Gasteiger partial charge in [-0.2, -0.15) is 5.10 Å². The van der Waals surface area contributed by atoms with E-state index in [1.807, 2.05) is 0 Å². The summed E-state index contributed by atoms with van der Waals surface area (Å²) in [6.45, 7) is 0. The number of hydrogen-bond acceptors (Lipinski definition) is 5. The molecule has 1 amide bonds. The van der Waals surface area contributed by atoms with Gasteiger partial charge in [-0.25, -0.2) is 5.43 Å². The fourth-order valence-corrected chi connectivity index (χ4v) is 2.87. The Bertz CT molecular complexity index is 791. The van der Waals surface area contributed by atoms with Crippen molar-refractivity contribution in [1.82, 2.24) is 5.43 Å². The third-order valence-corrected chi connectivity index (χ3v) is 3.82. The molecule has 0 unspecified atom stereocenters. The quantitative estimate of drug-likeness (QED) is 0.428. The van der Waals surface area contributed by atoms with Crippen LogP contribution in [0.1, 0.15) is 15.9 Å². The minimum absolute atomic E-state index is 0.0323. The summed E-state index contributed by atoms with van der Waals surface area (Å²) in [5.41, 5.74) is 2.87. The van der Waals surface area contributed by atoms with Gasteiger partial charge in [0.25, 0.3) is 11.6 Å². The van der Waals surface area contributed by atoms with Gasteiger partial charge in [0.1, 0.15) is 5.75 Å². The van der Waals surface area contributed by atoms with Crippen LogP contribution >= 0.6 is 31.9 Å². The van der Waals surface area contributed by atoms with E-state index in [4.69, 9.17) is 0 Å². The van der Waals surface area contributed by atoms with Crippen LogP contribution in [0.15, 0.2) is 50.4 Å². The van der Waals surface area contributed by atoms with Crippen LogP contribution in [0.2, 0.25) is 0 Å². The molecule has 7 nitrogen and oxygen atoms in total. The number of carbonyl (C=O) groups is 1. The second-order valence-electron chi connectivity index (χ2n) is 4.33. The van der Waals surface area contributed by atoms with Crippen LogP contribution in [-0.2, 0) is 0 Å². The van der Waals surface area contributed by atoms with Crippen molar-refractivity contribution >= 4 is 49.7 Å². The third-order valence-electron chi connectivity index (χ3n) is 2.76. The number of phenolic OH excluding ortho intramolecular Hbond substituents is 1. The van der Waals surface area contributed by atoms with E-state index in [0.29, 0.717) is 14.5 Å². The average Bonchev–Trinajstić information content (AvgIpc) is 2.51. The first-order valence-electron chi connectivity index (χ1n) is 6.14. The second kappa shape index (κ2) is 7.34. The lowest BCUT2D eigenvalue weighted by molar-refractivity contribution is -0.384. The van der Waals surface area contributed by atoms with Gasteiger partial charge >= 0.3 is 0 Å². The molecule has 0 bridgehead atoms. The number of amides is 1. The third kappa shape index (κ3) is 4.36. The largest absolute Gasteiger partial charge is 0.506 e. The molecule has 0 fully saturated rings. The number of hydrazone groups is 1. The van der Waals surface area contributed by atoms with Crippen molar-refractivity contribution in [2.75, 3.05) is 0 Å². The summed E-state index contributed by atoms with van der Waals surface area (Å²) >= 11 is 6.36. The minimum Gasteiger partial charge on any atom is -0.506 e. The summed E-state index contributed by atoms with van der Waals surface area (Å²) in [6.07, 6.45) is 1.34. The second-order valence-corrected chi connectivity index (χ2v) is 6.10. The lowest BCUT2D eigenvalue weighted by Crippen LogP contribution is -2.17. The number of benzene rings is 2. The van der Waals surface area contributed by atoms with Crippen LogP contribution in [0.4, 0.5) is 5.69 Å². The molecule has 2 rings (SSSR count). The fourth-order valence-electron chi connectivity index (χ4n) is 1.65. The first-order valence-corrected chi connectivity index (χ1v) is 7.73. The Kier molecular flexibility index (Phi) is 5.45. The van der Waals surface area contributed by atoms with Crippen LogP contribution in [-0.4, -0.2) is 22.2 Å². The molecule has 2 aromatic rings. The Morgan fingerprint density at radius 2 is 1.91 bits per heavy atom. The van der Waals surface area contributed by atoms with Crippen LogP contribution in [0, 0.1) is 10.1 Å². The number of nitro groups is 1. The van der Waals surface area contributed by atoms with E-state index in [9.17, 15) is 20.0 Å². The molecule has 118 valence electrons. The molecule has 0 saturated carbocycles. The van der Waals surface area contributed by atoms with Gasteiger partial charge in [0.2, 0.25) is 0 Å². The first kappa shape index (κ1) is 17.1. The van der Waals surface area contributed by atoms with Crippen molar-refractivity contribution in [3.63, 3.8) is 0 Å². The number of nitrogens with zero attached hydrogens (tertiary/aromatic N) is 2. The Hall–Kier alpha value is -2.26. The van der Waals surface area contributed by atoms with E-state index < -0.39 is 10.8 Å². The van der Waals surface area contributed by atoms with Gasteiger partial charge in [-0.05, 0) is 45.8 Å². The van der Waals surface area contributed by atoms with Crippen molar-refractivity contribution in [2.24, 2.45) is 5.10 Å². The molecule has 0 aliphatic rings. The number of aromatic hydroxyl groups is 1. The highest BCUT2D eigenvalue weighted by molar-refractivity contribution is 9.11. The van der Waals surface area contributed by atoms with Crippen molar-refractivity contribution in [3.05, 3.63) is 66.6 Å². The zero-order valence-corrected chi connectivity index (χ0v) is 14.5. The maximum Gasteiger partial charge on any atom is 0.275 e. The maximum absolute atomic E-state index is 12.0. The van der Waals surface area contributed by atoms with E-state index in [-0.39, 0.29) is 17.0 Å². The van der Waals surface area contributed by atoms with Crippen molar-refractivity contribution in [1.29, 1.82) is 0 Å². The molecule has 0 aromatic heterocycles. The van der Waals surface area contributed by atoms with Gasteiger partial charge in [-0.15, -0.1) is 0 Å². The number of carbonyl (C=O) groups excluding carboxylic acids is 1. The number of rotatable bonds is 4. The van der Waals surface area contributed by atoms with E-state index in [2.05, 4.69) is 42.4 Å². The number of nitrogens with one attached hydrogen (secondary N) is 1. The van der Waals surface area contributed by atoms with E-state index in [1.54, 1.807) is 6.07 Å². The Balaban J connectivity index is 2.08. The lowest BCUT2D eigenvalue weighted by atomic mass is 10.2. The highest BCUT2D eigenvalue weighted by Gasteiger charge is 2.14. The van der Waals surface area contributed by atoms with Crippen LogP contribution < -0.4 is 5.43 Å². The van der Waals surface area contributed by atoms with Gasteiger partial charge < -0.3 is 5.11 Å². The summed E-state index contributed by atoms with van der Waals surface area (Å²) < 4.78 is 0.989. The number of non-ortho nitro benzene ring substituents is 1. The van der Waals surface area contributed by atoms with Crippen molar-refractivity contribution in [3.8, 4) is 5.75 Å². The molecule has 2 N–H and O–H groups in total. The summed E-state index contributed by atoms with van der Waals surface area (Å²) in [7, 11) is 0. The van der Waals surface area contributed by atoms with Crippen LogP contribution in [0.3, 0.4) is 0 Å². The van der Waals surface area contributed by atoms with Crippen LogP contribution in [0.5, 0.6) is 5.75 Å². The molecule has 23 heavy (non-hydrogen) atoms. The Morgan fingerprint density at radius 3 is 2.52 bits per heavy atom. The van der Waals surface area contributed by atoms with Crippen LogP contribution in [0.25, 0.3) is 0 Å². The number of halogens is 2. The standard InChI is InChI=1S/C14H9Br2N3O4/c15-9-5-11(13(20)12(16)6-9)14(21)18-17-7-8-1-3-10(4-2-8)19(22)23/h1-7,20H,(H,18,21)/b17-7-. The number of phenols is 1. The molecule has 0 saturated heterocycles. The van der Waals surface area contributed by atoms with Gasteiger partial charge in [-0.3, -0.25) is 14.9 Å². The SMILES string of the molecule is O=C(N/N=C\c1ccc([N+](=O)[O-])cc1)c1cc(Br)cc(Br)c1O. The topological polar surface area (TPSA) is 105 Å². The number of hydrogen-bond donors (Lipinski definition) is 2. The fraction of sp³-hybridized carbons (Fsp3) is 0.